The molecule has 25 heavy (non-hydrogen) atoms. The van der Waals surface area contributed by atoms with Gasteiger partial charge in [0.1, 0.15) is 0 Å². The molecule has 2 aromatic carbocycles. The van der Waals surface area contributed by atoms with Crippen LogP contribution >= 0.6 is 15.9 Å². The lowest BCUT2D eigenvalue weighted by Gasteiger charge is -2.09. The third kappa shape index (κ3) is 3.68. The van der Waals surface area contributed by atoms with Gasteiger partial charge in [-0.05, 0) is 53.8 Å². The van der Waals surface area contributed by atoms with Crippen molar-refractivity contribution in [2.75, 3.05) is 14.2 Å². The van der Waals surface area contributed by atoms with Gasteiger partial charge in [-0.25, -0.2) is 0 Å². The van der Waals surface area contributed by atoms with Crippen molar-refractivity contribution in [3.8, 4) is 11.5 Å². The summed E-state index contributed by atoms with van der Waals surface area (Å²) in [6, 6.07) is 7.61. The SMILES string of the molecule is COc1cc2c(cc1OC)CC(=Cc1ccc(C(F)(F)F)cc1Br)C2. The number of alkyl halides is 3. The molecule has 0 spiro atoms. The van der Waals surface area contributed by atoms with Crippen molar-refractivity contribution in [3.05, 3.63) is 62.6 Å². The number of benzene rings is 2. The lowest BCUT2D eigenvalue weighted by atomic mass is 10.1. The number of halogens is 4. The van der Waals surface area contributed by atoms with Gasteiger partial charge in [0.05, 0.1) is 19.8 Å². The number of allylic oxidation sites excluding steroid dienone is 1. The maximum absolute atomic E-state index is 12.8. The first kappa shape index (κ1) is 17.9. The second kappa shape index (κ2) is 6.75. The third-order valence-electron chi connectivity index (χ3n) is 4.23. The van der Waals surface area contributed by atoms with Crippen LogP contribution in [0.2, 0.25) is 0 Å². The van der Waals surface area contributed by atoms with Gasteiger partial charge >= 0.3 is 6.18 Å². The molecule has 0 radical (unpaired) electrons. The summed E-state index contributed by atoms with van der Waals surface area (Å²) < 4.78 is 49.4. The maximum atomic E-state index is 12.8. The molecule has 0 aromatic heterocycles. The summed E-state index contributed by atoms with van der Waals surface area (Å²) in [5, 5.41) is 0. The number of methoxy groups -OCH3 is 2. The number of ether oxygens (including phenoxy) is 2. The first-order chi connectivity index (χ1) is 11.8. The quantitative estimate of drug-likeness (QED) is 0.646. The fraction of sp³-hybridized carbons (Fsp3) is 0.263. The highest BCUT2D eigenvalue weighted by Gasteiger charge is 2.30. The average molecular weight is 413 g/mol. The first-order valence-corrected chi connectivity index (χ1v) is 8.41. The Hall–Kier alpha value is -1.95. The molecule has 0 saturated carbocycles. The molecule has 0 bridgehead atoms. The number of fused-ring (bicyclic) bond motifs is 1. The monoisotopic (exact) mass is 412 g/mol. The summed E-state index contributed by atoms with van der Waals surface area (Å²) in [5.74, 6) is 1.36. The van der Waals surface area contributed by atoms with E-state index in [4.69, 9.17) is 9.47 Å². The second-order valence-electron chi connectivity index (χ2n) is 5.87. The van der Waals surface area contributed by atoms with Gasteiger partial charge in [-0.15, -0.1) is 0 Å². The van der Waals surface area contributed by atoms with E-state index >= 15 is 0 Å². The van der Waals surface area contributed by atoms with Crippen molar-refractivity contribution >= 4 is 22.0 Å². The van der Waals surface area contributed by atoms with Crippen LogP contribution in [0.3, 0.4) is 0 Å². The molecule has 0 aliphatic heterocycles. The van der Waals surface area contributed by atoms with Crippen molar-refractivity contribution in [1.29, 1.82) is 0 Å². The van der Waals surface area contributed by atoms with E-state index in [-0.39, 0.29) is 0 Å². The Morgan fingerprint density at radius 1 is 0.960 bits per heavy atom. The van der Waals surface area contributed by atoms with E-state index in [2.05, 4.69) is 15.9 Å². The Kier molecular flexibility index (Phi) is 4.82. The Morgan fingerprint density at radius 3 is 1.96 bits per heavy atom. The van der Waals surface area contributed by atoms with Crippen LogP contribution < -0.4 is 9.47 Å². The topological polar surface area (TPSA) is 18.5 Å². The predicted octanol–water partition coefficient (Wildman–Crippen LogP) is 5.67. The first-order valence-electron chi connectivity index (χ1n) is 7.61. The van der Waals surface area contributed by atoms with Crippen LogP contribution in [0.15, 0.2) is 40.4 Å². The molecule has 0 N–H and O–H groups in total. The normalized spacial score (nSPS) is 13.6. The summed E-state index contributed by atoms with van der Waals surface area (Å²) in [6.45, 7) is 0. The molecule has 0 atom stereocenters. The number of rotatable bonds is 3. The van der Waals surface area contributed by atoms with Crippen molar-refractivity contribution in [2.45, 2.75) is 19.0 Å². The minimum atomic E-state index is -4.34. The van der Waals surface area contributed by atoms with Gasteiger partial charge in [-0.2, -0.15) is 13.2 Å². The van der Waals surface area contributed by atoms with Crippen LogP contribution in [0, 0.1) is 0 Å². The molecular formula is C19H16BrF3O2. The Morgan fingerprint density at radius 2 is 1.52 bits per heavy atom. The van der Waals surface area contributed by atoms with Crippen LogP contribution in [-0.2, 0) is 19.0 Å². The van der Waals surface area contributed by atoms with Gasteiger partial charge in [-0.3, -0.25) is 0 Å². The Balaban J connectivity index is 1.89. The summed E-state index contributed by atoms with van der Waals surface area (Å²) in [5.41, 5.74) is 3.49. The molecule has 2 aromatic rings. The average Bonchev–Trinajstić information content (AvgIpc) is 2.95. The van der Waals surface area contributed by atoms with Crippen molar-refractivity contribution in [1.82, 2.24) is 0 Å². The Labute approximate surface area is 152 Å². The van der Waals surface area contributed by atoms with Gasteiger partial charge < -0.3 is 9.47 Å². The second-order valence-corrected chi connectivity index (χ2v) is 6.72. The zero-order chi connectivity index (χ0) is 18.2. The zero-order valence-electron chi connectivity index (χ0n) is 13.7. The van der Waals surface area contributed by atoms with Crippen molar-refractivity contribution in [2.24, 2.45) is 0 Å². The molecule has 2 nitrogen and oxygen atoms in total. The molecule has 3 rings (SSSR count). The van der Waals surface area contributed by atoms with Crippen LogP contribution in [0.4, 0.5) is 13.2 Å². The summed E-state index contributed by atoms with van der Waals surface area (Å²) in [7, 11) is 3.19. The maximum Gasteiger partial charge on any atom is 0.416 e. The smallest absolute Gasteiger partial charge is 0.416 e. The van der Waals surface area contributed by atoms with E-state index in [0.717, 1.165) is 47.2 Å². The van der Waals surface area contributed by atoms with E-state index in [9.17, 15) is 13.2 Å². The Bertz CT molecular complexity index is 806. The molecule has 0 fully saturated rings. The summed E-state index contributed by atoms with van der Waals surface area (Å²) >= 11 is 3.24. The molecular weight excluding hydrogens is 397 g/mol. The van der Waals surface area contributed by atoms with Gasteiger partial charge in [0, 0.05) is 4.47 Å². The van der Waals surface area contributed by atoms with Gasteiger partial charge in [0.15, 0.2) is 11.5 Å². The van der Waals surface area contributed by atoms with Crippen LogP contribution in [0.25, 0.3) is 6.08 Å². The molecule has 1 aliphatic carbocycles. The van der Waals surface area contributed by atoms with Crippen LogP contribution in [-0.4, -0.2) is 14.2 Å². The number of hydrogen-bond acceptors (Lipinski definition) is 2. The van der Waals surface area contributed by atoms with E-state index in [1.807, 2.05) is 18.2 Å². The van der Waals surface area contributed by atoms with E-state index < -0.39 is 11.7 Å². The lowest BCUT2D eigenvalue weighted by Crippen LogP contribution is -2.04. The molecule has 0 unspecified atom stereocenters. The van der Waals surface area contributed by atoms with E-state index in [1.165, 1.54) is 6.07 Å². The predicted molar refractivity (Wildman–Crippen MR) is 94.1 cm³/mol. The van der Waals surface area contributed by atoms with E-state index in [1.54, 1.807) is 14.2 Å². The zero-order valence-corrected chi connectivity index (χ0v) is 15.3. The van der Waals surface area contributed by atoms with Crippen molar-refractivity contribution in [3.63, 3.8) is 0 Å². The highest BCUT2D eigenvalue weighted by molar-refractivity contribution is 9.10. The van der Waals surface area contributed by atoms with Crippen LogP contribution in [0.1, 0.15) is 22.3 Å². The summed E-state index contributed by atoms with van der Waals surface area (Å²) in [6.07, 6.45) is -0.930. The van der Waals surface area contributed by atoms with Crippen LogP contribution in [0.5, 0.6) is 11.5 Å². The fourth-order valence-electron chi connectivity index (χ4n) is 2.99. The molecule has 1 aliphatic rings. The molecule has 6 heteroatoms. The largest absolute Gasteiger partial charge is 0.493 e. The van der Waals surface area contributed by atoms with Gasteiger partial charge in [0.2, 0.25) is 0 Å². The minimum absolute atomic E-state index is 0.431. The highest BCUT2D eigenvalue weighted by Crippen LogP contribution is 2.38. The van der Waals surface area contributed by atoms with Crippen molar-refractivity contribution < 1.29 is 22.6 Å². The van der Waals surface area contributed by atoms with Gasteiger partial charge in [0.25, 0.3) is 0 Å². The molecule has 0 saturated heterocycles. The minimum Gasteiger partial charge on any atom is -0.493 e. The number of hydrogen-bond donors (Lipinski definition) is 0. The van der Waals surface area contributed by atoms with Gasteiger partial charge in [-0.1, -0.05) is 33.6 Å². The fourth-order valence-corrected chi connectivity index (χ4v) is 3.48. The standard InChI is InChI=1S/C19H16BrF3O2/c1-24-17-8-13-6-11(7-14(13)9-18(17)25-2)5-12-3-4-15(10-16(12)20)19(21,22)23/h3-5,8-10H,6-7H2,1-2H3. The third-order valence-corrected chi connectivity index (χ3v) is 4.91. The molecule has 0 heterocycles. The highest BCUT2D eigenvalue weighted by atomic mass is 79.9. The van der Waals surface area contributed by atoms with E-state index in [0.29, 0.717) is 16.0 Å². The molecule has 132 valence electrons. The lowest BCUT2D eigenvalue weighted by molar-refractivity contribution is -0.137. The summed E-state index contributed by atoms with van der Waals surface area (Å²) in [4.78, 5) is 0. The molecule has 0 amide bonds.